The van der Waals surface area contributed by atoms with Gasteiger partial charge in [-0.2, -0.15) is 5.10 Å². The Morgan fingerprint density at radius 3 is 2.86 bits per heavy atom. The first-order valence-electron chi connectivity index (χ1n) is 7.72. The lowest BCUT2D eigenvalue weighted by molar-refractivity contribution is 0.102. The number of carbonyl (C=O) groups excluding carboxylic acids is 1. The zero-order valence-corrected chi connectivity index (χ0v) is 12.7. The van der Waals surface area contributed by atoms with Gasteiger partial charge in [0.15, 0.2) is 0 Å². The van der Waals surface area contributed by atoms with Crippen molar-refractivity contribution in [1.29, 1.82) is 0 Å². The molecule has 0 atom stereocenters. The van der Waals surface area contributed by atoms with Crippen LogP contribution in [0.25, 0.3) is 0 Å². The highest BCUT2D eigenvalue weighted by atomic mass is 16.3. The van der Waals surface area contributed by atoms with E-state index in [1.54, 1.807) is 28.9 Å². The summed E-state index contributed by atoms with van der Waals surface area (Å²) in [7, 11) is 1.85. The molecule has 0 spiro atoms. The average molecular weight is 299 g/mol. The van der Waals surface area contributed by atoms with E-state index < -0.39 is 0 Å². The molecule has 1 amide bonds. The van der Waals surface area contributed by atoms with E-state index in [9.17, 15) is 4.79 Å². The highest BCUT2D eigenvalue weighted by Crippen LogP contribution is 2.34. The van der Waals surface area contributed by atoms with Crippen molar-refractivity contribution in [2.24, 2.45) is 7.05 Å². The number of hydrogen-bond donors (Lipinski definition) is 2. The lowest BCUT2D eigenvalue weighted by Gasteiger charge is -2.06. The molecule has 2 aromatic rings. The zero-order chi connectivity index (χ0) is 15.5. The number of hydrogen-bond acceptors (Lipinski definition) is 3. The Kier molecular flexibility index (Phi) is 4.24. The van der Waals surface area contributed by atoms with Gasteiger partial charge < -0.3 is 10.4 Å². The Morgan fingerprint density at radius 1 is 1.36 bits per heavy atom. The zero-order valence-electron chi connectivity index (χ0n) is 12.7. The van der Waals surface area contributed by atoms with Crippen LogP contribution in [0.2, 0.25) is 0 Å². The molecule has 1 heterocycles. The van der Waals surface area contributed by atoms with Crippen molar-refractivity contribution in [3.8, 4) is 0 Å². The molecule has 0 unspecified atom stereocenters. The second-order valence-corrected chi connectivity index (χ2v) is 5.87. The fourth-order valence-electron chi connectivity index (χ4n) is 3.03. The molecular weight excluding hydrogens is 278 g/mol. The van der Waals surface area contributed by atoms with Crippen LogP contribution in [-0.2, 0) is 13.7 Å². The maximum atomic E-state index is 12.3. The summed E-state index contributed by atoms with van der Waals surface area (Å²) in [6.45, 7) is -0.0708. The van der Waals surface area contributed by atoms with E-state index >= 15 is 0 Å². The van der Waals surface area contributed by atoms with Crippen molar-refractivity contribution < 1.29 is 9.90 Å². The second-order valence-electron chi connectivity index (χ2n) is 5.87. The van der Waals surface area contributed by atoms with Gasteiger partial charge in [0.05, 0.1) is 12.3 Å². The third-order valence-electron chi connectivity index (χ3n) is 4.29. The third kappa shape index (κ3) is 3.04. The van der Waals surface area contributed by atoms with Gasteiger partial charge >= 0.3 is 0 Å². The quantitative estimate of drug-likeness (QED) is 0.912. The molecule has 1 aromatic heterocycles. The van der Waals surface area contributed by atoms with Crippen molar-refractivity contribution in [2.45, 2.75) is 38.2 Å². The molecule has 0 aliphatic heterocycles. The van der Waals surface area contributed by atoms with Crippen LogP contribution < -0.4 is 5.32 Å². The Morgan fingerprint density at radius 2 is 2.14 bits per heavy atom. The number of carbonyl (C=O) groups is 1. The minimum atomic E-state index is -0.184. The first-order chi connectivity index (χ1) is 10.7. The second kappa shape index (κ2) is 6.32. The third-order valence-corrected chi connectivity index (χ3v) is 4.29. The largest absolute Gasteiger partial charge is 0.392 e. The van der Waals surface area contributed by atoms with Gasteiger partial charge in [-0.1, -0.05) is 25.0 Å². The Balaban J connectivity index is 1.75. The van der Waals surface area contributed by atoms with Crippen LogP contribution in [0.5, 0.6) is 0 Å². The molecule has 116 valence electrons. The van der Waals surface area contributed by atoms with E-state index in [0.29, 0.717) is 17.3 Å². The van der Waals surface area contributed by atoms with Gasteiger partial charge in [-0.3, -0.25) is 9.48 Å². The lowest BCUT2D eigenvalue weighted by Crippen LogP contribution is -2.14. The SMILES string of the molecule is Cn1nc(C2CCCC2)cc1NC(=O)c1cccc(CO)c1. The maximum absolute atomic E-state index is 12.3. The molecule has 0 bridgehead atoms. The molecule has 1 aliphatic carbocycles. The van der Waals surface area contributed by atoms with Crippen molar-refractivity contribution in [1.82, 2.24) is 9.78 Å². The monoisotopic (exact) mass is 299 g/mol. The number of aromatic nitrogens is 2. The first kappa shape index (κ1) is 14.8. The lowest BCUT2D eigenvalue weighted by atomic mass is 10.0. The molecule has 0 radical (unpaired) electrons. The van der Waals surface area contributed by atoms with Crippen LogP contribution in [0.4, 0.5) is 5.82 Å². The summed E-state index contributed by atoms with van der Waals surface area (Å²) in [6, 6.07) is 8.98. The average Bonchev–Trinajstić information content (AvgIpc) is 3.18. The van der Waals surface area contributed by atoms with Crippen LogP contribution in [0, 0.1) is 0 Å². The molecular formula is C17H21N3O2. The van der Waals surface area contributed by atoms with Gasteiger partial charge in [0.2, 0.25) is 0 Å². The Labute approximate surface area is 130 Å². The predicted molar refractivity (Wildman–Crippen MR) is 84.7 cm³/mol. The highest BCUT2D eigenvalue weighted by molar-refractivity contribution is 6.03. The molecule has 0 saturated heterocycles. The number of aryl methyl sites for hydroxylation is 1. The topological polar surface area (TPSA) is 67.2 Å². The minimum Gasteiger partial charge on any atom is -0.392 e. The van der Waals surface area contributed by atoms with E-state index in [0.717, 1.165) is 11.3 Å². The van der Waals surface area contributed by atoms with E-state index in [2.05, 4.69) is 10.4 Å². The first-order valence-corrected chi connectivity index (χ1v) is 7.72. The Bertz CT molecular complexity index is 672. The number of nitrogens with one attached hydrogen (secondary N) is 1. The van der Waals surface area contributed by atoms with Crippen molar-refractivity contribution in [3.05, 3.63) is 47.2 Å². The summed E-state index contributed by atoms with van der Waals surface area (Å²) >= 11 is 0. The number of aliphatic hydroxyl groups excluding tert-OH is 1. The minimum absolute atomic E-state index is 0.0708. The predicted octanol–water partition coefficient (Wildman–Crippen LogP) is 2.82. The molecule has 1 fully saturated rings. The molecule has 5 heteroatoms. The van der Waals surface area contributed by atoms with E-state index in [1.165, 1.54) is 25.7 Å². The van der Waals surface area contributed by atoms with Crippen LogP contribution >= 0.6 is 0 Å². The molecule has 3 rings (SSSR count). The van der Waals surface area contributed by atoms with Crippen molar-refractivity contribution >= 4 is 11.7 Å². The molecule has 2 N–H and O–H groups in total. The van der Waals surface area contributed by atoms with Crippen molar-refractivity contribution in [2.75, 3.05) is 5.32 Å². The number of amides is 1. The smallest absolute Gasteiger partial charge is 0.256 e. The maximum Gasteiger partial charge on any atom is 0.256 e. The fraction of sp³-hybridized carbons (Fsp3) is 0.412. The molecule has 1 saturated carbocycles. The normalized spacial score (nSPS) is 15.2. The van der Waals surface area contributed by atoms with Gasteiger partial charge in [0.1, 0.15) is 5.82 Å². The van der Waals surface area contributed by atoms with Crippen LogP contribution in [0.3, 0.4) is 0 Å². The summed E-state index contributed by atoms with van der Waals surface area (Å²) in [6.07, 6.45) is 4.89. The van der Waals surface area contributed by atoms with E-state index in [-0.39, 0.29) is 12.5 Å². The van der Waals surface area contributed by atoms with Gasteiger partial charge in [0.25, 0.3) is 5.91 Å². The van der Waals surface area contributed by atoms with Gasteiger partial charge in [-0.25, -0.2) is 0 Å². The summed E-state index contributed by atoms with van der Waals surface area (Å²) in [5, 5.41) is 16.6. The number of anilines is 1. The van der Waals surface area contributed by atoms with Crippen molar-refractivity contribution in [3.63, 3.8) is 0 Å². The summed E-state index contributed by atoms with van der Waals surface area (Å²) in [4.78, 5) is 12.3. The highest BCUT2D eigenvalue weighted by Gasteiger charge is 2.21. The Hall–Kier alpha value is -2.14. The van der Waals surface area contributed by atoms with Gasteiger partial charge in [0, 0.05) is 24.6 Å². The molecule has 22 heavy (non-hydrogen) atoms. The van der Waals surface area contributed by atoms with Gasteiger partial charge in [-0.05, 0) is 30.5 Å². The van der Waals surface area contributed by atoms with Crippen LogP contribution in [0.15, 0.2) is 30.3 Å². The number of rotatable bonds is 4. The number of benzene rings is 1. The van der Waals surface area contributed by atoms with Crippen LogP contribution in [-0.4, -0.2) is 20.8 Å². The van der Waals surface area contributed by atoms with E-state index in [1.807, 2.05) is 13.1 Å². The van der Waals surface area contributed by atoms with Gasteiger partial charge in [-0.15, -0.1) is 0 Å². The summed E-state index contributed by atoms with van der Waals surface area (Å²) < 4.78 is 1.72. The standard InChI is InChI=1S/C17H21N3O2/c1-20-16(10-15(19-20)13-6-2-3-7-13)18-17(22)14-8-4-5-12(9-14)11-21/h4-5,8-10,13,21H,2-3,6-7,11H2,1H3,(H,18,22). The fourth-order valence-corrected chi connectivity index (χ4v) is 3.03. The molecule has 1 aliphatic rings. The van der Waals surface area contributed by atoms with E-state index in [4.69, 9.17) is 5.11 Å². The molecule has 5 nitrogen and oxygen atoms in total. The number of aliphatic hydroxyl groups is 1. The van der Waals surface area contributed by atoms with Crippen LogP contribution in [0.1, 0.15) is 53.2 Å². The molecule has 1 aromatic carbocycles. The summed E-state index contributed by atoms with van der Waals surface area (Å²) in [5.74, 6) is 1.05. The number of nitrogens with zero attached hydrogens (tertiary/aromatic N) is 2. The summed E-state index contributed by atoms with van der Waals surface area (Å²) in [5.41, 5.74) is 2.33.